The maximum Gasteiger partial charge on any atom is 0.262 e. The zero-order valence-corrected chi connectivity index (χ0v) is 17.2. The van der Waals surface area contributed by atoms with E-state index in [2.05, 4.69) is 28.8 Å². The summed E-state index contributed by atoms with van der Waals surface area (Å²) < 4.78 is 4.04. The second kappa shape index (κ2) is 8.61. The number of nitriles is 1. The van der Waals surface area contributed by atoms with Crippen molar-refractivity contribution < 1.29 is 4.79 Å². The molecule has 2 aromatic heterocycles. The van der Waals surface area contributed by atoms with Crippen LogP contribution in [0.1, 0.15) is 42.4 Å². The first-order chi connectivity index (χ1) is 13.9. The van der Waals surface area contributed by atoms with Gasteiger partial charge in [0.2, 0.25) is 0 Å². The van der Waals surface area contributed by atoms with Crippen LogP contribution >= 0.6 is 0 Å². The van der Waals surface area contributed by atoms with E-state index in [1.165, 1.54) is 0 Å². The van der Waals surface area contributed by atoms with Gasteiger partial charge in [0.1, 0.15) is 17.5 Å². The molecule has 0 atom stereocenters. The summed E-state index contributed by atoms with van der Waals surface area (Å²) >= 11 is 0. The summed E-state index contributed by atoms with van der Waals surface area (Å²) in [6.07, 6.45) is 3.43. The second-order valence-electron chi connectivity index (χ2n) is 7.23. The lowest BCUT2D eigenvalue weighted by molar-refractivity contribution is -0.117. The Kier molecular flexibility index (Phi) is 5.99. The smallest absolute Gasteiger partial charge is 0.262 e. The molecule has 0 aliphatic rings. The van der Waals surface area contributed by atoms with Gasteiger partial charge in [0, 0.05) is 30.0 Å². The minimum absolute atomic E-state index is 0.0820. The highest BCUT2D eigenvalue weighted by Gasteiger charge is 2.16. The van der Waals surface area contributed by atoms with Crippen molar-refractivity contribution in [1.29, 1.82) is 5.26 Å². The van der Waals surface area contributed by atoms with Crippen LogP contribution in [0, 0.1) is 25.2 Å². The fourth-order valence-electron chi connectivity index (χ4n) is 3.35. The highest BCUT2D eigenvalue weighted by atomic mass is 16.1. The number of nitrogens with one attached hydrogen (secondary N) is 1. The molecular weight excluding hydrogens is 362 g/mol. The summed E-state index contributed by atoms with van der Waals surface area (Å²) in [5, 5.41) is 16.7. The Bertz CT molecular complexity index is 1080. The van der Waals surface area contributed by atoms with Crippen molar-refractivity contribution in [2.45, 2.75) is 40.3 Å². The summed E-state index contributed by atoms with van der Waals surface area (Å²) in [5.74, 6) is 0.579. The summed E-state index contributed by atoms with van der Waals surface area (Å²) in [6, 6.07) is 15.8. The molecule has 6 nitrogen and oxygen atoms in total. The average Bonchev–Trinajstić information content (AvgIpc) is 3.29. The fourth-order valence-corrected chi connectivity index (χ4v) is 3.35. The number of aryl methyl sites for hydroxylation is 1. The molecule has 0 aliphatic carbocycles. The van der Waals surface area contributed by atoms with E-state index < -0.39 is 0 Å². The van der Waals surface area contributed by atoms with Gasteiger partial charge >= 0.3 is 0 Å². The lowest BCUT2D eigenvalue weighted by Gasteiger charge is -2.15. The SMILES string of the molecule is Cc1cc(/C=C(\C#N)C(=O)NCc2ccccc2)c(C)n1-c1ccnn1C(C)C. The minimum Gasteiger partial charge on any atom is -0.347 e. The highest BCUT2D eigenvalue weighted by molar-refractivity contribution is 6.01. The van der Waals surface area contributed by atoms with Crippen molar-refractivity contribution in [2.24, 2.45) is 0 Å². The van der Waals surface area contributed by atoms with Crippen LogP contribution in [0.4, 0.5) is 0 Å². The number of rotatable bonds is 6. The van der Waals surface area contributed by atoms with Crippen LogP contribution in [0.5, 0.6) is 0 Å². The maximum absolute atomic E-state index is 12.5. The Morgan fingerprint density at radius 1 is 1.24 bits per heavy atom. The summed E-state index contributed by atoms with van der Waals surface area (Å²) in [5.41, 5.74) is 3.87. The predicted octanol–water partition coefficient (Wildman–Crippen LogP) is 4.09. The molecule has 0 saturated carbocycles. The standard InChI is InChI=1S/C23H25N5O/c1-16(2)28-22(10-11-26-28)27-17(3)12-20(18(27)4)13-21(14-24)23(29)25-15-19-8-6-5-7-9-19/h5-13,16H,15H2,1-4H3,(H,25,29)/b21-13+. The van der Waals surface area contributed by atoms with Gasteiger partial charge in [-0.15, -0.1) is 0 Å². The Labute approximate surface area is 171 Å². The molecule has 29 heavy (non-hydrogen) atoms. The van der Waals surface area contributed by atoms with Crippen LogP contribution in [0.2, 0.25) is 0 Å². The Morgan fingerprint density at radius 3 is 2.62 bits per heavy atom. The van der Waals surface area contributed by atoms with Crippen LogP contribution in [0.15, 0.2) is 54.2 Å². The monoisotopic (exact) mass is 387 g/mol. The number of carbonyl (C=O) groups excluding carboxylic acids is 1. The summed E-state index contributed by atoms with van der Waals surface area (Å²) in [6.45, 7) is 8.52. The molecular formula is C23H25N5O. The van der Waals surface area contributed by atoms with Crippen molar-refractivity contribution >= 4 is 12.0 Å². The molecule has 0 aliphatic heterocycles. The number of benzene rings is 1. The zero-order valence-electron chi connectivity index (χ0n) is 17.2. The molecule has 2 heterocycles. The normalized spacial score (nSPS) is 11.5. The molecule has 0 fully saturated rings. The number of aromatic nitrogens is 3. The van der Waals surface area contributed by atoms with Crippen molar-refractivity contribution in [1.82, 2.24) is 19.7 Å². The lowest BCUT2D eigenvalue weighted by Crippen LogP contribution is -2.23. The van der Waals surface area contributed by atoms with Gasteiger partial charge in [0.25, 0.3) is 5.91 Å². The van der Waals surface area contributed by atoms with Crippen LogP contribution in [0.3, 0.4) is 0 Å². The highest BCUT2D eigenvalue weighted by Crippen LogP contribution is 2.24. The minimum atomic E-state index is -0.381. The van der Waals surface area contributed by atoms with E-state index >= 15 is 0 Å². The van der Waals surface area contributed by atoms with Gasteiger partial charge in [-0.3, -0.25) is 4.79 Å². The summed E-state index contributed by atoms with van der Waals surface area (Å²) in [4.78, 5) is 12.5. The number of amides is 1. The molecule has 0 unspecified atom stereocenters. The third-order valence-electron chi connectivity index (χ3n) is 4.80. The molecule has 1 N–H and O–H groups in total. The van der Waals surface area contributed by atoms with Crippen molar-refractivity contribution in [3.05, 3.63) is 76.7 Å². The molecule has 1 aromatic carbocycles. The molecule has 148 valence electrons. The Hall–Kier alpha value is -3.59. The van der Waals surface area contributed by atoms with E-state index in [4.69, 9.17) is 0 Å². The Balaban J connectivity index is 1.88. The topological polar surface area (TPSA) is 75.6 Å². The molecule has 6 heteroatoms. The zero-order chi connectivity index (χ0) is 21.0. The molecule has 0 bridgehead atoms. The van der Waals surface area contributed by atoms with Gasteiger partial charge in [-0.2, -0.15) is 10.4 Å². The number of hydrogen-bond acceptors (Lipinski definition) is 3. The molecule has 3 aromatic rings. The van der Waals surface area contributed by atoms with Crippen molar-refractivity contribution in [3.63, 3.8) is 0 Å². The van der Waals surface area contributed by atoms with Gasteiger partial charge in [0.05, 0.1) is 6.20 Å². The number of hydrogen-bond donors (Lipinski definition) is 1. The van der Waals surface area contributed by atoms with E-state index in [1.54, 1.807) is 12.3 Å². The van der Waals surface area contributed by atoms with Crippen LogP contribution in [-0.4, -0.2) is 20.3 Å². The van der Waals surface area contributed by atoms with Crippen LogP contribution in [0.25, 0.3) is 11.9 Å². The first-order valence-electron chi connectivity index (χ1n) is 9.59. The Morgan fingerprint density at radius 2 is 1.97 bits per heavy atom. The molecule has 0 spiro atoms. The lowest BCUT2D eigenvalue weighted by atomic mass is 10.1. The molecule has 0 radical (unpaired) electrons. The number of carbonyl (C=O) groups is 1. The first-order valence-corrected chi connectivity index (χ1v) is 9.59. The van der Waals surface area contributed by atoms with Gasteiger partial charge in [-0.05, 0) is 51.0 Å². The van der Waals surface area contributed by atoms with Gasteiger partial charge in [0.15, 0.2) is 0 Å². The molecule has 0 saturated heterocycles. The number of nitrogens with zero attached hydrogens (tertiary/aromatic N) is 4. The van der Waals surface area contributed by atoms with Gasteiger partial charge in [-0.1, -0.05) is 30.3 Å². The van der Waals surface area contributed by atoms with Gasteiger partial charge in [-0.25, -0.2) is 4.68 Å². The summed E-state index contributed by atoms with van der Waals surface area (Å²) in [7, 11) is 0. The third kappa shape index (κ3) is 4.30. The third-order valence-corrected chi connectivity index (χ3v) is 4.80. The molecule has 3 rings (SSSR count). The average molecular weight is 387 g/mol. The van der Waals surface area contributed by atoms with Crippen LogP contribution in [-0.2, 0) is 11.3 Å². The predicted molar refractivity (Wildman–Crippen MR) is 113 cm³/mol. The first kappa shape index (κ1) is 20.2. The molecule has 1 amide bonds. The van der Waals surface area contributed by atoms with Crippen molar-refractivity contribution in [2.75, 3.05) is 0 Å². The maximum atomic E-state index is 12.5. The second-order valence-corrected chi connectivity index (χ2v) is 7.23. The quantitative estimate of drug-likeness (QED) is 0.511. The van der Waals surface area contributed by atoms with E-state index in [1.807, 2.05) is 67.1 Å². The van der Waals surface area contributed by atoms with Crippen molar-refractivity contribution in [3.8, 4) is 11.9 Å². The van der Waals surface area contributed by atoms with E-state index in [0.717, 1.165) is 28.3 Å². The fraction of sp³-hybridized carbons (Fsp3) is 0.261. The van der Waals surface area contributed by atoms with Crippen LogP contribution < -0.4 is 5.32 Å². The van der Waals surface area contributed by atoms with E-state index in [9.17, 15) is 10.1 Å². The van der Waals surface area contributed by atoms with Gasteiger partial charge < -0.3 is 9.88 Å². The van der Waals surface area contributed by atoms with E-state index in [-0.39, 0.29) is 17.5 Å². The largest absolute Gasteiger partial charge is 0.347 e. The van der Waals surface area contributed by atoms with E-state index in [0.29, 0.717) is 6.54 Å².